The molecule has 1 aromatic carbocycles. The molecule has 0 amide bonds. The molecule has 2 N–H and O–H groups in total. The Labute approximate surface area is 98.9 Å². The summed E-state index contributed by atoms with van der Waals surface area (Å²) in [5.74, 6) is -0.838. The predicted octanol–water partition coefficient (Wildman–Crippen LogP) is 1.27. The number of carboxylic acids is 1. The highest BCUT2D eigenvalue weighted by Crippen LogP contribution is 2.28. The molecule has 0 aromatic heterocycles. The first-order valence-corrected chi connectivity index (χ1v) is 5.05. The Morgan fingerprint density at radius 3 is 2.82 bits per heavy atom. The Balaban J connectivity index is 3.19. The molecular weight excluding hydrogens is 222 g/mol. The van der Waals surface area contributed by atoms with Gasteiger partial charge in [0.05, 0.1) is 13.2 Å². The highest BCUT2D eigenvalue weighted by Gasteiger charge is 2.21. The van der Waals surface area contributed by atoms with Crippen molar-refractivity contribution >= 4 is 5.97 Å². The van der Waals surface area contributed by atoms with E-state index in [9.17, 15) is 9.90 Å². The zero-order chi connectivity index (χ0) is 12.8. The molecule has 5 heteroatoms. The van der Waals surface area contributed by atoms with Gasteiger partial charge >= 0.3 is 5.97 Å². The van der Waals surface area contributed by atoms with Crippen molar-refractivity contribution in [1.29, 1.82) is 5.26 Å². The van der Waals surface area contributed by atoms with Crippen molar-refractivity contribution in [2.75, 3.05) is 7.11 Å². The van der Waals surface area contributed by atoms with Gasteiger partial charge in [-0.05, 0) is 18.1 Å². The zero-order valence-corrected chi connectivity index (χ0v) is 9.38. The number of aliphatic hydroxyl groups excluding tert-OH is 1. The fraction of sp³-hybridized carbons (Fsp3) is 0.333. The molecular formula is C12H13NO4. The van der Waals surface area contributed by atoms with Crippen molar-refractivity contribution < 1.29 is 19.7 Å². The lowest BCUT2D eigenvalue weighted by molar-refractivity contribution is -0.147. The number of hydrogen-bond donors (Lipinski definition) is 2. The van der Waals surface area contributed by atoms with Crippen LogP contribution >= 0.6 is 0 Å². The second-order valence-electron chi connectivity index (χ2n) is 3.43. The van der Waals surface area contributed by atoms with Gasteiger partial charge in [0.1, 0.15) is 5.75 Å². The number of carbonyl (C=O) groups is 1. The van der Waals surface area contributed by atoms with Crippen molar-refractivity contribution in [2.45, 2.75) is 18.9 Å². The largest absolute Gasteiger partial charge is 0.496 e. The summed E-state index contributed by atoms with van der Waals surface area (Å²) in [5, 5.41) is 26.9. The smallest absolute Gasteiger partial charge is 0.337 e. The Bertz CT molecular complexity index is 450. The number of aliphatic hydroxyl groups is 1. The highest BCUT2D eigenvalue weighted by atomic mass is 16.5. The molecule has 0 saturated carbocycles. The summed E-state index contributed by atoms with van der Waals surface area (Å²) in [6, 6.07) is 6.78. The molecule has 17 heavy (non-hydrogen) atoms. The normalized spacial score (nSPS) is 11.6. The van der Waals surface area contributed by atoms with Gasteiger partial charge in [0.25, 0.3) is 0 Å². The summed E-state index contributed by atoms with van der Waals surface area (Å²) in [7, 11) is 1.46. The second-order valence-corrected chi connectivity index (χ2v) is 3.43. The summed E-state index contributed by atoms with van der Waals surface area (Å²) in [5.41, 5.74) is 0.832. The third-order valence-corrected chi connectivity index (χ3v) is 2.40. The lowest BCUT2D eigenvalue weighted by Gasteiger charge is -2.14. The van der Waals surface area contributed by atoms with Crippen molar-refractivity contribution in [3.8, 4) is 11.8 Å². The lowest BCUT2D eigenvalue weighted by Crippen LogP contribution is -2.13. The van der Waals surface area contributed by atoms with E-state index < -0.39 is 12.1 Å². The van der Waals surface area contributed by atoms with Crippen LogP contribution in [0.1, 0.15) is 23.7 Å². The summed E-state index contributed by atoms with van der Waals surface area (Å²) in [6.45, 7) is 0. The van der Waals surface area contributed by atoms with E-state index in [0.717, 1.165) is 0 Å². The topological polar surface area (TPSA) is 90.6 Å². The van der Waals surface area contributed by atoms with Crippen LogP contribution in [0.25, 0.3) is 0 Å². The molecule has 0 bridgehead atoms. The Kier molecular flexibility index (Phi) is 4.49. The van der Waals surface area contributed by atoms with Crippen LogP contribution in [0.3, 0.4) is 0 Å². The van der Waals surface area contributed by atoms with Gasteiger partial charge in [0.15, 0.2) is 6.10 Å². The van der Waals surface area contributed by atoms with Crippen LogP contribution in [0, 0.1) is 11.3 Å². The van der Waals surface area contributed by atoms with Crippen LogP contribution in [-0.2, 0) is 11.2 Å². The van der Waals surface area contributed by atoms with Crippen LogP contribution in [0.15, 0.2) is 18.2 Å². The van der Waals surface area contributed by atoms with E-state index in [0.29, 0.717) is 17.7 Å². The van der Waals surface area contributed by atoms with E-state index >= 15 is 0 Å². The van der Waals surface area contributed by atoms with Gasteiger partial charge in [0.2, 0.25) is 0 Å². The number of benzene rings is 1. The molecule has 5 nitrogen and oxygen atoms in total. The predicted molar refractivity (Wildman–Crippen MR) is 59.5 cm³/mol. The van der Waals surface area contributed by atoms with Crippen LogP contribution < -0.4 is 4.74 Å². The SMILES string of the molecule is COc1cccc(C(O)C(=O)O)c1CCC#N. The quantitative estimate of drug-likeness (QED) is 0.802. The molecule has 1 aromatic rings. The minimum atomic E-state index is -1.60. The molecule has 0 saturated heterocycles. The maximum atomic E-state index is 10.8. The maximum Gasteiger partial charge on any atom is 0.337 e. The van der Waals surface area contributed by atoms with Crippen molar-refractivity contribution in [2.24, 2.45) is 0 Å². The molecule has 1 rings (SSSR count). The minimum absolute atomic E-state index is 0.236. The average Bonchev–Trinajstić information content (AvgIpc) is 2.34. The fourth-order valence-corrected chi connectivity index (χ4v) is 1.61. The van der Waals surface area contributed by atoms with Gasteiger partial charge < -0.3 is 14.9 Å². The molecule has 0 radical (unpaired) electrons. The molecule has 1 atom stereocenters. The van der Waals surface area contributed by atoms with Crippen LogP contribution in [0.5, 0.6) is 5.75 Å². The van der Waals surface area contributed by atoms with Gasteiger partial charge in [-0.2, -0.15) is 5.26 Å². The molecule has 0 aliphatic carbocycles. The molecule has 90 valence electrons. The van der Waals surface area contributed by atoms with Crippen molar-refractivity contribution in [3.05, 3.63) is 29.3 Å². The first kappa shape index (κ1) is 13.0. The third-order valence-electron chi connectivity index (χ3n) is 2.40. The van der Waals surface area contributed by atoms with E-state index in [1.807, 2.05) is 6.07 Å². The fourth-order valence-electron chi connectivity index (χ4n) is 1.61. The molecule has 0 aliphatic rings. The summed E-state index contributed by atoms with van der Waals surface area (Å²) < 4.78 is 5.10. The summed E-state index contributed by atoms with van der Waals surface area (Å²) >= 11 is 0. The van der Waals surface area contributed by atoms with Crippen molar-refractivity contribution in [3.63, 3.8) is 0 Å². The van der Waals surface area contributed by atoms with E-state index in [4.69, 9.17) is 15.1 Å². The van der Waals surface area contributed by atoms with Gasteiger partial charge in [-0.3, -0.25) is 0 Å². The molecule has 0 spiro atoms. The van der Waals surface area contributed by atoms with Gasteiger partial charge in [-0.1, -0.05) is 12.1 Å². The van der Waals surface area contributed by atoms with E-state index in [-0.39, 0.29) is 12.0 Å². The Hall–Kier alpha value is -2.06. The Morgan fingerprint density at radius 2 is 2.29 bits per heavy atom. The number of hydrogen-bond acceptors (Lipinski definition) is 4. The lowest BCUT2D eigenvalue weighted by atomic mass is 9.98. The van der Waals surface area contributed by atoms with Gasteiger partial charge in [0, 0.05) is 12.0 Å². The number of carboxylic acid groups (broad SMARTS) is 1. The van der Waals surface area contributed by atoms with E-state index in [2.05, 4.69) is 0 Å². The maximum absolute atomic E-state index is 10.8. The second kappa shape index (κ2) is 5.87. The molecule has 0 fully saturated rings. The van der Waals surface area contributed by atoms with Crippen LogP contribution in [0.4, 0.5) is 0 Å². The zero-order valence-electron chi connectivity index (χ0n) is 9.38. The molecule has 1 unspecified atom stereocenters. The number of rotatable bonds is 5. The van der Waals surface area contributed by atoms with Crippen LogP contribution in [0.2, 0.25) is 0 Å². The number of nitriles is 1. The van der Waals surface area contributed by atoms with E-state index in [1.54, 1.807) is 12.1 Å². The number of methoxy groups -OCH3 is 1. The molecule has 0 heterocycles. The minimum Gasteiger partial charge on any atom is -0.496 e. The number of nitrogens with zero attached hydrogens (tertiary/aromatic N) is 1. The summed E-state index contributed by atoms with van der Waals surface area (Å²) in [6.07, 6.45) is -1.02. The standard InChI is InChI=1S/C12H13NO4/c1-17-10-6-2-4-9(11(14)12(15)16)8(10)5-3-7-13/h2,4,6,11,14H,3,5H2,1H3,(H,15,16). The summed E-state index contributed by atoms with van der Waals surface area (Å²) in [4.78, 5) is 10.8. The van der Waals surface area contributed by atoms with Gasteiger partial charge in [-0.25, -0.2) is 4.79 Å². The Morgan fingerprint density at radius 1 is 1.59 bits per heavy atom. The first-order valence-electron chi connectivity index (χ1n) is 5.05. The molecule has 0 aliphatic heterocycles. The first-order chi connectivity index (χ1) is 8.11. The average molecular weight is 235 g/mol. The number of ether oxygens (including phenoxy) is 1. The highest BCUT2D eigenvalue weighted by molar-refractivity contribution is 5.75. The van der Waals surface area contributed by atoms with E-state index in [1.165, 1.54) is 13.2 Å². The van der Waals surface area contributed by atoms with Crippen molar-refractivity contribution in [1.82, 2.24) is 0 Å². The number of aliphatic carboxylic acids is 1. The monoisotopic (exact) mass is 235 g/mol. The van der Waals surface area contributed by atoms with Crippen LogP contribution in [-0.4, -0.2) is 23.3 Å². The van der Waals surface area contributed by atoms with Gasteiger partial charge in [-0.15, -0.1) is 0 Å². The third kappa shape index (κ3) is 2.95.